The number of allylic oxidation sites excluding steroid dienone is 1. The first-order valence-electron chi connectivity index (χ1n) is 12.5. The first-order chi connectivity index (χ1) is 17.3. The van der Waals surface area contributed by atoms with Crippen molar-refractivity contribution in [3.63, 3.8) is 0 Å². The fraction of sp³-hybridized carbons (Fsp3) is 0.429. The van der Waals surface area contributed by atoms with E-state index in [0.29, 0.717) is 30.0 Å². The van der Waals surface area contributed by atoms with Gasteiger partial charge in [0, 0.05) is 31.2 Å². The van der Waals surface area contributed by atoms with Gasteiger partial charge in [-0.05, 0) is 67.5 Å². The van der Waals surface area contributed by atoms with Crippen molar-refractivity contribution in [1.82, 2.24) is 5.32 Å². The molecule has 3 rings (SSSR count). The van der Waals surface area contributed by atoms with Gasteiger partial charge in [-0.15, -0.1) is 0 Å². The second-order valence-electron chi connectivity index (χ2n) is 9.24. The summed E-state index contributed by atoms with van der Waals surface area (Å²) in [5.41, 5.74) is 8.28. The quantitative estimate of drug-likeness (QED) is 0.349. The number of nitrogen functional groups attached to an aromatic ring is 1. The van der Waals surface area contributed by atoms with Crippen molar-refractivity contribution in [2.45, 2.75) is 46.4 Å². The van der Waals surface area contributed by atoms with Crippen LogP contribution in [0.4, 0.5) is 11.4 Å². The van der Waals surface area contributed by atoms with E-state index in [1.807, 2.05) is 13.0 Å². The average Bonchev–Trinajstić information content (AvgIpc) is 2.87. The third kappa shape index (κ3) is 7.08. The topological polar surface area (TPSA) is 123 Å². The fourth-order valence-corrected chi connectivity index (χ4v) is 4.37. The van der Waals surface area contributed by atoms with Crippen molar-refractivity contribution in [3.8, 4) is 0 Å². The van der Waals surface area contributed by atoms with Gasteiger partial charge in [0.2, 0.25) is 6.29 Å². The second-order valence-corrected chi connectivity index (χ2v) is 9.24. The van der Waals surface area contributed by atoms with Crippen molar-refractivity contribution in [2.75, 3.05) is 24.3 Å². The Kier molecular flexibility index (Phi) is 9.90. The molecule has 0 spiro atoms. The summed E-state index contributed by atoms with van der Waals surface area (Å²) in [5, 5.41) is 15.0. The van der Waals surface area contributed by atoms with Gasteiger partial charge < -0.3 is 30.9 Å². The van der Waals surface area contributed by atoms with Gasteiger partial charge in [-0.25, -0.2) is 0 Å². The number of aliphatic hydroxyl groups is 1. The normalized spacial score (nSPS) is 19.4. The van der Waals surface area contributed by atoms with Crippen LogP contribution in [0.25, 0.3) is 0 Å². The number of amides is 2. The molecule has 2 aromatic rings. The number of aliphatic hydroxyl groups excluding tert-OH is 1. The predicted octanol–water partition coefficient (Wildman–Crippen LogP) is 4.07. The molecule has 0 saturated carbocycles. The Morgan fingerprint density at radius 1 is 1.11 bits per heavy atom. The lowest BCUT2D eigenvalue weighted by atomic mass is 9.78. The molecule has 0 saturated heterocycles. The van der Waals surface area contributed by atoms with Crippen LogP contribution in [0.1, 0.15) is 49.5 Å². The zero-order valence-corrected chi connectivity index (χ0v) is 21.2. The predicted molar refractivity (Wildman–Crippen MR) is 140 cm³/mol. The zero-order valence-electron chi connectivity index (χ0n) is 21.2. The summed E-state index contributed by atoms with van der Waals surface area (Å²) in [5.74, 6) is 0.128. The summed E-state index contributed by atoms with van der Waals surface area (Å²) in [6.45, 7) is 6.98. The molecule has 1 heterocycles. The lowest BCUT2D eigenvalue weighted by Crippen LogP contribution is -2.41. The summed E-state index contributed by atoms with van der Waals surface area (Å²) < 4.78 is 11.8. The maximum Gasteiger partial charge on any atom is 0.286 e. The molecule has 0 aromatic heterocycles. The minimum absolute atomic E-state index is 0.0681. The van der Waals surface area contributed by atoms with E-state index >= 15 is 0 Å². The van der Waals surface area contributed by atoms with Crippen LogP contribution in [0.2, 0.25) is 0 Å². The van der Waals surface area contributed by atoms with Crippen molar-refractivity contribution in [1.29, 1.82) is 0 Å². The minimum Gasteiger partial charge on any atom is -0.459 e. The van der Waals surface area contributed by atoms with Crippen LogP contribution >= 0.6 is 0 Å². The Hall–Kier alpha value is -3.36. The summed E-state index contributed by atoms with van der Waals surface area (Å²) in [6.07, 6.45) is 2.77. The van der Waals surface area contributed by atoms with Crippen LogP contribution in [-0.2, 0) is 20.8 Å². The summed E-state index contributed by atoms with van der Waals surface area (Å²) in [6, 6.07) is 14.1. The van der Waals surface area contributed by atoms with Crippen molar-refractivity contribution in [2.24, 2.45) is 17.8 Å². The number of carbonyl (C=O) groups is 2. The molecular formula is C28H37N3O5. The van der Waals surface area contributed by atoms with Gasteiger partial charge in [0.05, 0.1) is 11.4 Å². The SMILES string of the molecule is CCO[C@H]1OC(C(=O)NCc2ccc(C(=O)Nc3ccccc3N)cc2)=C[C@@H](C(C)C)[C@H]1CCCO. The molecule has 0 radical (unpaired) electrons. The van der Waals surface area contributed by atoms with Gasteiger partial charge in [0.1, 0.15) is 0 Å². The van der Waals surface area contributed by atoms with Gasteiger partial charge in [0.15, 0.2) is 5.76 Å². The van der Waals surface area contributed by atoms with Crippen molar-refractivity contribution < 1.29 is 24.2 Å². The van der Waals surface area contributed by atoms with E-state index in [1.165, 1.54) is 0 Å². The molecule has 1 aliphatic rings. The molecule has 2 amide bonds. The van der Waals surface area contributed by atoms with Crippen LogP contribution in [0.3, 0.4) is 0 Å². The minimum atomic E-state index is -0.531. The number of rotatable bonds is 11. The van der Waals surface area contributed by atoms with E-state index in [-0.39, 0.29) is 48.5 Å². The van der Waals surface area contributed by atoms with Crippen molar-refractivity contribution in [3.05, 3.63) is 71.5 Å². The number of hydrogen-bond acceptors (Lipinski definition) is 6. The van der Waals surface area contributed by atoms with Crippen LogP contribution in [0.5, 0.6) is 0 Å². The molecule has 0 unspecified atom stereocenters. The lowest BCUT2D eigenvalue weighted by Gasteiger charge is -2.38. The number of para-hydroxylation sites is 2. The van der Waals surface area contributed by atoms with E-state index in [4.69, 9.17) is 15.2 Å². The van der Waals surface area contributed by atoms with Gasteiger partial charge in [-0.3, -0.25) is 9.59 Å². The number of anilines is 2. The van der Waals surface area contributed by atoms with Crippen LogP contribution in [0.15, 0.2) is 60.4 Å². The highest BCUT2D eigenvalue weighted by atomic mass is 16.7. The van der Waals surface area contributed by atoms with Gasteiger partial charge in [0.25, 0.3) is 11.8 Å². The number of nitrogens with one attached hydrogen (secondary N) is 2. The van der Waals surface area contributed by atoms with E-state index in [2.05, 4.69) is 24.5 Å². The number of nitrogens with two attached hydrogens (primary N) is 1. The number of carbonyl (C=O) groups excluding carboxylic acids is 2. The van der Waals surface area contributed by atoms with Crippen LogP contribution < -0.4 is 16.4 Å². The third-order valence-electron chi connectivity index (χ3n) is 6.33. The standard InChI is InChI=1S/C28H37N3O5/c1-4-35-28-21(8-7-15-32)22(18(2)3)16-25(36-28)27(34)30-17-19-11-13-20(14-12-19)26(33)31-24-10-6-5-9-23(24)29/h5-6,9-14,16,18,21-22,28,32H,4,7-8,15,17,29H2,1-3H3,(H,30,34)(H,31,33)/t21-,22+,28+/m1/s1. The highest BCUT2D eigenvalue weighted by Crippen LogP contribution is 2.37. The Morgan fingerprint density at radius 2 is 1.83 bits per heavy atom. The summed E-state index contributed by atoms with van der Waals surface area (Å²) in [7, 11) is 0. The maximum atomic E-state index is 12.9. The molecule has 0 aliphatic carbocycles. The molecule has 36 heavy (non-hydrogen) atoms. The van der Waals surface area contributed by atoms with Crippen LogP contribution in [0, 0.1) is 17.8 Å². The first kappa shape index (κ1) is 27.2. The molecule has 194 valence electrons. The highest BCUT2D eigenvalue weighted by molar-refractivity contribution is 6.05. The van der Waals surface area contributed by atoms with Crippen LogP contribution in [-0.4, -0.2) is 36.4 Å². The molecule has 8 nitrogen and oxygen atoms in total. The zero-order chi connectivity index (χ0) is 26.1. The third-order valence-corrected chi connectivity index (χ3v) is 6.33. The van der Waals surface area contributed by atoms with E-state index in [9.17, 15) is 14.7 Å². The largest absolute Gasteiger partial charge is 0.459 e. The van der Waals surface area contributed by atoms with E-state index < -0.39 is 6.29 Å². The second kappa shape index (κ2) is 13.1. The van der Waals surface area contributed by atoms with E-state index in [1.54, 1.807) is 48.5 Å². The molecule has 0 bridgehead atoms. The Labute approximate surface area is 212 Å². The molecule has 5 N–H and O–H groups in total. The smallest absolute Gasteiger partial charge is 0.286 e. The first-order valence-corrected chi connectivity index (χ1v) is 12.5. The highest BCUT2D eigenvalue weighted by Gasteiger charge is 2.38. The monoisotopic (exact) mass is 495 g/mol. The summed E-state index contributed by atoms with van der Waals surface area (Å²) >= 11 is 0. The van der Waals surface area contributed by atoms with Crippen molar-refractivity contribution >= 4 is 23.2 Å². The number of benzene rings is 2. The fourth-order valence-electron chi connectivity index (χ4n) is 4.37. The number of ether oxygens (including phenoxy) is 2. The van der Waals surface area contributed by atoms with Gasteiger partial charge >= 0.3 is 0 Å². The number of hydrogen-bond donors (Lipinski definition) is 4. The summed E-state index contributed by atoms with van der Waals surface area (Å²) in [4.78, 5) is 25.5. The Morgan fingerprint density at radius 3 is 2.47 bits per heavy atom. The van der Waals surface area contributed by atoms with Gasteiger partial charge in [-0.2, -0.15) is 0 Å². The Bertz CT molecular complexity index is 1050. The molecule has 2 aromatic carbocycles. The molecular weight excluding hydrogens is 458 g/mol. The molecule has 0 fully saturated rings. The molecule has 3 atom stereocenters. The lowest BCUT2D eigenvalue weighted by molar-refractivity contribution is -0.175. The molecule has 8 heteroatoms. The van der Waals surface area contributed by atoms with E-state index in [0.717, 1.165) is 12.0 Å². The maximum absolute atomic E-state index is 12.9. The molecule has 1 aliphatic heterocycles. The van der Waals surface area contributed by atoms with Gasteiger partial charge in [-0.1, -0.05) is 38.1 Å². The Balaban J connectivity index is 1.62. The average molecular weight is 496 g/mol.